The first-order valence-electron chi connectivity index (χ1n) is 3.69. The second-order valence-corrected chi connectivity index (χ2v) is 5.28. The van der Waals surface area contributed by atoms with E-state index in [0.717, 1.165) is 0 Å². The van der Waals surface area contributed by atoms with Crippen LogP contribution in [0.2, 0.25) is 0 Å². The molecule has 0 amide bonds. The lowest BCUT2D eigenvalue weighted by molar-refractivity contribution is 0.390. The molecule has 70 valence electrons. The summed E-state index contributed by atoms with van der Waals surface area (Å²) in [6.45, 7) is 0. The van der Waals surface area contributed by atoms with Gasteiger partial charge in [0.05, 0.1) is 11.5 Å². The zero-order chi connectivity index (χ0) is 9.35. The van der Waals surface area contributed by atoms with Gasteiger partial charge in [-0.2, -0.15) is 0 Å². The molecular weight excluding hydrogens is 178 g/mol. The van der Waals surface area contributed by atoms with Crippen molar-refractivity contribution in [2.24, 2.45) is 5.73 Å². The number of sulfone groups is 1. The smallest absolute Gasteiger partial charge is 0.188 e. The molecule has 0 saturated carbocycles. The normalized spacial score (nSPS) is 26.9. The minimum atomic E-state index is -2.87. The molecule has 0 aliphatic carbocycles. The molecule has 1 fully saturated rings. The van der Waals surface area contributed by atoms with E-state index in [9.17, 15) is 8.42 Å². The topological polar surface area (TPSA) is 87.2 Å². The fourth-order valence-corrected chi connectivity index (χ4v) is 3.05. The number of nitrogens with zero attached hydrogens (tertiary/aromatic N) is 1. The number of rotatable bonds is 1. The van der Waals surface area contributed by atoms with Crippen molar-refractivity contribution in [2.75, 3.05) is 18.6 Å². The van der Waals surface area contributed by atoms with Crippen molar-refractivity contribution in [1.82, 2.24) is 4.90 Å². The Morgan fingerprint density at radius 2 is 2.25 bits per heavy atom. The van der Waals surface area contributed by atoms with Crippen LogP contribution in [0.25, 0.3) is 0 Å². The fourth-order valence-electron chi connectivity index (χ4n) is 1.28. The van der Waals surface area contributed by atoms with Gasteiger partial charge in [0, 0.05) is 13.1 Å². The van der Waals surface area contributed by atoms with Crippen LogP contribution in [0.1, 0.15) is 6.42 Å². The van der Waals surface area contributed by atoms with Crippen molar-refractivity contribution in [2.45, 2.75) is 12.5 Å². The monoisotopic (exact) mass is 191 g/mol. The number of hydrogen-bond acceptors (Lipinski definition) is 3. The van der Waals surface area contributed by atoms with Gasteiger partial charge in [-0.25, -0.2) is 8.42 Å². The molecule has 0 radical (unpaired) electrons. The first-order valence-corrected chi connectivity index (χ1v) is 5.52. The highest BCUT2D eigenvalue weighted by molar-refractivity contribution is 7.91. The maximum atomic E-state index is 11.0. The van der Waals surface area contributed by atoms with Crippen molar-refractivity contribution >= 4 is 15.8 Å². The minimum absolute atomic E-state index is 0.0721. The predicted molar refractivity (Wildman–Crippen MR) is 46.7 cm³/mol. The molecule has 6 heteroatoms. The molecule has 1 atom stereocenters. The molecule has 1 saturated heterocycles. The van der Waals surface area contributed by atoms with Crippen LogP contribution in [0.5, 0.6) is 0 Å². The van der Waals surface area contributed by atoms with Crippen LogP contribution in [-0.2, 0) is 9.84 Å². The van der Waals surface area contributed by atoms with Gasteiger partial charge >= 0.3 is 0 Å². The second-order valence-electron chi connectivity index (χ2n) is 3.05. The van der Waals surface area contributed by atoms with Gasteiger partial charge in [0.25, 0.3) is 0 Å². The van der Waals surface area contributed by atoms with Crippen molar-refractivity contribution < 1.29 is 8.42 Å². The van der Waals surface area contributed by atoms with Gasteiger partial charge < -0.3 is 10.6 Å². The number of hydrogen-bond donors (Lipinski definition) is 2. The summed E-state index contributed by atoms with van der Waals surface area (Å²) < 4.78 is 22.1. The van der Waals surface area contributed by atoms with Crippen molar-refractivity contribution in [3.8, 4) is 0 Å². The van der Waals surface area contributed by atoms with Gasteiger partial charge in [-0.1, -0.05) is 0 Å². The van der Waals surface area contributed by atoms with Gasteiger partial charge in [0.2, 0.25) is 0 Å². The van der Waals surface area contributed by atoms with E-state index in [4.69, 9.17) is 11.1 Å². The second kappa shape index (κ2) is 2.93. The Labute approximate surface area is 72.0 Å². The summed E-state index contributed by atoms with van der Waals surface area (Å²) in [7, 11) is -1.22. The Morgan fingerprint density at radius 1 is 1.67 bits per heavy atom. The van der Waals surface area contributed by atoms with Crippen LogP contribution in [0.15, 0.2) is 0 Å². The minimum Gasteiger partial charge on any atom is -0.370 e. The third-order valence-corrected chi connectivity index (χ3v) is 3.89. The van der Waals surface area contributed by atoms with E-state index in [1.165, 1.54) is 4.90 Å². The summed E-state index contributed by atoms with van der Waals surface area (Å²) >= 11 is 0. The van der Waals surface area contributed by atoms with Crippen molar-refractivity contribution in [3.63, 3.8) is 0 Å². The van der Waals surface area contributed by atoms with Gasteiger partial charge in [-0.15, -0.1) is 0 Å². The van der Waals surface area contributed by atoms with Crippen molar-refractivity contribution in [3.05, 3.63) is 0 Å². The molecule has 5 nitrogen and oxygen atoms in total. The van der Waals surface area contributed by atoms with E-state index < -0.39 is 9.84 Å². The highest BCUT2D eigenvalue weighted by Gasteiger charge is 2.30. The van der Waals surface area contributed by atoms with Crippen LogP contribution in [-0.4, -0.2) is 43.9 Å². The van der Waals surface area contributed by atoms with E-state index in [2.05, 4.69) is 0 Å². The summed E-state index contributed by atoms with van der Waals surface area (Å²) in [5.41, 5.74) is 5.22. The molecule has 0 spiro atoms. The van der Waals surface area contributed by atoms with E-state index >= 15 is 0 Å². The van der Waals surface area contributed by atoms with Crippen LogP contribution in [0, 0.1) is 5.41 Å². The quantitative estimate of drug-likeness (QED) is 0.411. The largest absolute Gasteiger partial charge is 0.370 e. The summed E-state index contributed by atoms with van der Waals surface area (Å²) in [5.74, 6) is 0.273. The average Bonchev–Trinajstić information content (AvgIpc) is 2.28. The summed E-state index contributed by atoms with van der Waals surface area (Å²) in [6, 6.07) is -0.104. The van der Waals surface area contributed by atoms with Gasteiger partial charge in [-0.3, -0.25) is 5.41 Å². The first-order chi connectivity index (χ1) is 5.42. The number of guanidine groups is 1. The highest BCUT2D eigenvalue weighted by Crippen LogP contribution is 2.15. The zero-order valence-electron chi connectivity index (χ0n) is 6.95. The maximum Gasteiger partial charge on any atom is 0.188 e. The standard InChI is InChI=1S/C6H13N3O2S/c1-9(6(7)8)5-2-3-12(10,11)4-5/h5H,2-4H2,1H3,(H3,7,8). The molecule has 1 rings (SSSR count). The summed E-state index contributed by atoms with van der Waals surface area (Å²) in [4.78, 5) is 1.50. The molecule has 12 heavy (non-hydrogen) atoms. The molecule has 0 aromatic carbocycles. The zero-order valence-corrected chi connectivity index (χ0v) is 7.76. The average molecular weight is 191 g/mol. The van der Waals surface area contributed by atoms with E-state index in [-0.39, 0.29) is 23.5 Å². The number of nitrogens with two attached hydrogens (primary N) is 1. The maximum absolute atomic E-state index is 11.0. The fraction of sp³-hybridized carbons (Fsp3) is 0.833. The lowest BCUT2D eigenvalue weighted by atomic mass is 10.2. The lowest BCUT2D eigenvalue weighted by Crippen LogP contribution is -2.41. The van der Waals surface area contributed by atoms with Crippen LogP contribution in [0.4, 0.5) is 0 Å². The Kier molecular flexibility index (Phi) is 2.27. The number of nitrogens with one attached hydrogen (secondary N) is 1. The van der Waals surface area contributed by atoms with Crippen LogP contribution >= 0.6 is 0 Å². The third kappa shape index (κ3) is 1.88. The van der Waals surface area contributed by atoms with Crippen LogP contribution in [0.3, 0.4) is 0 Å². The van der Waals surface area contributed by atoms with Gasteiger partial charge in [0.15, 0.2) is 15.8 Å². The van der Waals surface area contributed by atoms with E-state index in [1.54, 1.807) is 7.05 Å². The first kappa shape index (κ1) is 9.31. The molecule has 1 aliphatic rings. The summed E-state index contributed by atoms with van der Waals surface area (Å²) in [5, 5.41) is 7.10. The summed E-state index contributed by atoms with van der Waals surface area (Å²) in [6.07, 6.45) is 0.582. The molecule has 0 aromatic heterocycles. The molecular formula is C6H13N3O2S. The van der Waals surface area contributed by atoms with E-state index in [1.807, 2.05) is 0 Å². The van der Waals surface area contributed by atoms with Crippen LogP contribution < -0.4 is 5.73 Å². The third-order valence-electron chi connectivity index (χ3n) is 2.14. The predicted octanol–water partition coefficient (Wildman–Crippen LogP) is -1.00. The molecule has 1 heterocycles. The van der Waals surface area contributed by atoms with Gasteiger partial charge in [-0.05, 0) is 6.42 Å². The SMILES string of the molecule is CN(C(=N)N)C1CCS(=O)(=O)C1. The Morgan fingerprint density at radius 3 is 2.58 bits per heavy atom. The molecule has 0 aromatic rings. The van der Waals surface area contributed by atoms with E-state index in [0.29, 0.717) is 6.42 Å². The Hall–Kier alpha value is -0.780. The van der Waals surface area contributed by atoms with Gasteiger partial charge in [0.1, 0.15) is 0 Å². The molecule has 3 N–H and O–H groups in total. The molecule has 1 unspecified atom stereocenters. The highest BCUT2D eigenvalue weighted by atomic mass is 32.2. The lowest BCUT2D eigenvalue weighted by Gasteiger charge is -2.22. The Bertz CT molecular complexity index is 285. The molecule has 0 bridgehead atoms. The Balaban J connectivity index is 2.64. The molecule has 1 aliphatic heterocycles. The van der Waals surface area contributed by atoms with Crippen molar-refractivity contribution in [1.29, 1.82) is 5.41 Å².